The van der Waals surface area contributed by atoms with E-state index in [9.17, 15) is 14.7 Å². The van der Waals surface area contributed by atoms with E-state index in [1.165, 1.54) is 33.5 Å². The van der Waals surface area contributed by atoms with Gasteiger partial charge in [0.2, 0.25) is 5.75 Å². The number of fused-ring (bicyclic) bond motifs is 1. The third-order valence-electron chi connectivity index (χ3n) is 5.77. The van der Waals surface area contributed by atoms with E-state index in [0.29, 0.717) is 28.0 Å². The second-order valence-corrected chi connectivity index (χ2v) is 10.9. The minimum Gasteiger partial charge on any atom is -0.507 e. The second-order valence-electron chi connectivity index (χ2n) is 10.6. The lowest BCUT2D eigenvalue weighted by molar-refractivity contribution is -0.155. The van der Waals surface area contributed by atoms with Crippen molar-refractivity contribution in [2.75, 3.05) is 28.1 Å². The molecule has 0 unspecified atom stereocenters. The normalized spacial score (nSPS) is 12.1. The Bertz CT molecular complexity index is 1440. The summed E-state index contributed by atoms with van der Waals surface area (Å²) in [5, 5.41) is 14.7. The maximum atomic E-state index is 13.6. The maximum Gasteiger partial charge on any atom is 0.308 e. The number of benzene rings is 2. The minimum atomic E-state index is -0.963. The predicted molar refractivity (Wildman–Crippen MR) is 157 cm³/mol. The molecule has 0 aliphatic rings. The van der Waals surface area contributed by atoms with Gasteiger partial charge < -0.3 is 38.8 Å². The van der Waals surface area contributed by atoms with Gasteiger partial charge in [0.1, 0.15) is 11.4 Å². The molecule has 0 spiro atoms. The maximum absolute atomic E-state index is 13.6. The quantitative estimate of drug-likeness (QED) is 0.153. The number of hydrogen-bond acceptors (Lipinski definition) is 10. The van der Waals surface area contributed by atoms with Crippen molar-refractivity contribution in [3.63, 3.8) is 0 Å². The van der Waals surface area contributed by atoms with Crippen LogP contribution in [0, 0.1) is 0 Å². The van der Waals surface area contributed by atoms with Crippen LogP contribution in [0.4, 0.5) is 0 Å². The molecule has 0 aliphatic carbocycles. The average molecular weight is 605 g/mol. The Morgan fingerprint density at radius 3 is 2.29 bits per heavy atom. The molecule has 0 saturated heterocycles. The average Bonchev–Trinajstić information content (AvgIpc) is 2.89. The molecule has 0 saturated carbocycles. The number of nitrogens with one attached hydrogen (secondary N) is 1. The summed E-state index contributed by atoms with van der Waals surface area (Å²) in [4.78, 5) is 30.7. The van der Waals surface area contributed by atoms with Crippen molar-refractivity contribution < 1.29 is 43.1 Å². The zero-order valence-corrected chi connectivity index (χ0v) is 25.7. The molecule has 1 aromatic heterocycles. The first-order valence-corrected chi connectivity index (χ1v) is 13.5. The molecule has 42 heavy (non-hydrogen) atoms. The summed E-state index contributed by atoms with van der Waals surface area (Å²) < 4.78 is 32.8. The molecule has 228 valence electrons. The number of aromatic nitrogens is 1. The standard InChI is InChI=1S/C30H37ClN2O9/c1-16(2)41-24-12-17-11-22(34)19(13-18(17)26(38-7)27(24)39-8)29(36)33-21(14-25(35)42-30(3,4)5)20-9-10-23(28(31)32-20)40-15-37-6/h9-13,16,21,34H,14-15H2,1-8H3,(H,33,36)/t21-/m1/s1. The van der Waals surface area contributed by atoms with Gasteiger partial charge >= 0.3 is 5.97 Å². The van der Waals surface area contributed by atoms with Crippen molar-refractivity contribution in [1.82, 2.24) is 10.3 Å². The van der Waals surface area contributed by atoms with Gasteiger partial charge in [-0.15, -0.1) is 0 Å². The Kier molecular flexibility index (Phi) is 10.7. The van der Waals surface area contributed by atoms with Gasteiger partial charge in [-0.05, 0) is 70.3 Å². The fourth-order valence-electron chi connectivity index (χ4n) is 4.16. The van der Waals surface area contributed by atoms with E-state index in [0.717, 1.165) is 0 Å². The third kappa shape index (κ3) is 8.07. The Morgan fingerprint density at radius 1 is 1.02 bits per heavy atom. The van der Waals surface area contributed by atoms with Crippen LogP contribution in [0.5, 0.6) is 28.7 Å². The summed E-state index contributed by atoms with van der Waals surface area (Å²) in [6.45, 7) is 8.92. The lowest BCUT2D eigenvalue weighted by Crippen LogP contribution is -2.33. The number of carbonyl (C=O) groups excluding carboxylic acids is 2. The van der Waals surface area contributed by atoms with Crippen LogP contribution in [0.25, 0.3) is 10.8 Å². The van der Waals surface area contributed by atoms with Crippen LogP contribution in [0.15, 0.2) is 30.3 Å². The fraction of sp³-hybridized carbons (Fsp3) is 0.433. The van der Waals surface area contributed by atoms with E-state index in [-0.39, 0.29) is 47.2 Å². The van der Waals surface area contributed by atoms with Crippen LogP contribution in [-0.2, 0) is 14.3 Å². The van der Waals surface area contributed by atoms with Crippen molar-refractivity contribution in [3.05, 3.63) is 46.7 Å². The number of halogens is 1. The monoisotopic (exact) mass is 604 g/mol. The lowest BCUT2D eigenvalue weighted by Gasteiger charge is -2.23. The fourth-order valence-corrected chi connectivity index (χ4v) is 4.37. The van der Waals surface area contributed by atoms with Gasteiger partial charge in [0.25, 0.3) is 5.91 Å². The molecule has 0 fully saturated rings. The number of carbonyl (C=O) groups is 2. The van der Waals surface area contributed by atoms with Crippen LogP contribution in [0.3, 0.4) is 0 Å². The Labute approximate surface area is 250 Å². The van der Waals surface area contributed by atoms with Gasteiger partial charge in [-0.1, -0.05) is 11.6 Å². The summed E-state index contributed by atoms with van der Waals surface area (Å²) in [7, 11) is 4.42. The second kappa shape index (κ2) is 13.8. The van der Waals surface area contributed by atoms with Crippen LogP contribution < -0.4 is 24.3 Å². The molecule has 11 nitrogen and oxygen atoms in total. The summed E-state index contributed by atoms with van der Waals surface area (Å²) in [6, 6.07) is 6.76. The van der Waals surface area contributed by atoms with Gasteiger partial charge in [0.15, 0.2) is 29.2 Å². The van der Waals surface area contributed by atoms with Crippen molar-refractivity contribution in [2.24, 2.45) is 0 Å². The van der Waals surface area contributed by atoms with E-state index in [1.807, 2.05) is 13.8 Å². The number of ether oxygens (including phenoxy) is 6. The highest BCUT2D eigenvalue weighted by Gasteiger charge is 2.27. The van der Waals surface area contributed by atoms with E-state index in [4.69, 9.17) is 40.0 Å². The number of esters is 1. The molecule has 1 heterocycles. The number of pyridine rings is 1. The first-order chi connectivity index (χ1) is 19.8. The molecule has 0 bridgehead atoms. The third-order valence-corrected chi connectivity index (χ3v) is 6.04. The smallest absolute Gasteiger partial charge is 0.308 e. The van der Waals surface area contributed by atoms with Crippen molar-refractivity contribution in [2.45, 2.75) is 58.8 Å². The van der Waals surface area contributed by atoms with Gasteiger partial charge in [-0.2, -0.15) is 0 Å². The molecule has 12 heteroatoms. The zero-order valence-electron chi connectivity index (χ0n) is 25.0. The Balaban J connectivity index is 2.04. The number of hydrogen-bond donors (Lipinski definition) is 2. The minimum absolute atomic E-state index is 0.0118. The summed E-state index contributed by atoms with van der Waals surface area (Å²) in [5.74, 6) is -0.196. The number of amides is 1. The molecule has 3 aromatic rings. The lowest BCUT2D eigenvalue weighted by atomic mass is 10.0. The number of phenolic OH excluding ortho intramolecular Hbond substituents is 1. The van der Waals surface area contributed by atoms with Crippen molar-refractivity contribution in [1.29, 1.82) is 0 Å². The van der Waals surface area contributed by atoms with Crippen molar-refractivity contribution in [3.8, 4) is 28.7 Å². The van der Waals surface area contributed by atoms with Gasteiger partial charge in [-0.25, -0.2) is 4.98 Å². The molecule has 0 aliphatic heterocycles. The van der Waals surface area contributed by atoms with Gasteiger partial charge in [-0.3, -0.25) is 9.59 Å². The number of rotatable bonds is 12. The van der Waals surface area contributed by atoms with Crippen LogP contribution in [-0.4, -0.2) is 61.8 Å². The van der Waals surface area contributed by atoms with Crippen LogP contribution in [0.1, 0.15) is 63.1 Å². The first-order valence-electron chi connectivity index (χ1n) is 13.2. The summed E-state index contributed by atoms with van der Waals surface area (Å²) >= 11 is 6.31. The summed E-state index contributed by atoms with van der Waals surface area (Å²) in [6.07, 6.45) is -0.407. The van der Waals surface area contributed by atoms with E-state index < -0.39 is 23.5 Å². The highest BCUT2D eigenvalue weighted by atomic mass is 35.5. The molecule has 0 radical (unpaired) electrons. The summed E-state index contributed by atoms with van der Waals surface area (Å²) in [5.41, 5.74) is -0.543. The van der Waals surface area contributed by atoms with Gasteiger partial charge in [0, 0.05) is 12.5 Å². The molecule has 2 N–H and O–H groups in total. The number of phenols is 1. The molecular formula is C30H37ClN2O9. The van der Waals surface area contributed by atoms with Crippen LogP contribution in [0.2, 0.25) is 5.15 Å². The molecule has 1 atom stereocenters. The highest BCUT2D eigenvalue weighted by Crippen LogP contribution is 2.45. The molecular weight excluding hydrogens is 568 g/mol. The Hall–Kier alpha value is -3.96. The largest absolute Gasteiger partial charge is 0.507 e. The number of aromatic hydroxyl groups is 1. The van der Waals surface area contributed by atoms with Crippen molar-refractivity contribution >= 4 is 34.2 Å². The predicted octanol–water partition coefficient (Wildman–Crippen LogP) is 5.58. The number of methoxy groups -OCH3 is 3. The SMILES string of the molecule is COCOc1ccc([C@@H](CC(=O)OC(C)(C)C)NC(=O)c2cc3c(OC)c(OC)c(OC(C)C)cc3cc2O)nc1Cl. The van der Waals surface area contributed by atoms with E-state index in [2.05, 4.69) is 10.3 Å². The zero-order chi connectivity index (χ0) is 31.2. The Morgan fingerprint density at radius 2 is 1.71 bits per heavy atom. The topological polar surface area (TPSA) is 135 Å². The highest BCUT2D eigenvalue weighted by molar-refractivity contribution is 6.30. The van der Waals surface area contributed by atoms with E-state index in [1.54, 1.807) is 39.0 Å². The number of nitrogens with zero attached hydrogens (tertiary/aromatic N) is 1. The first kappa shape index (κ1) is 32.6. The molecule has 1 amide bonds. The molecule has 2 aromatic carbocycles. The van der Waals surface area contributed by atoms with E-state index >= 15 is 0 Å². The van der Waals surface area contributed by atoms with Gasteiger partial charge in [0.05, 0.1) is 44.0 Å². The van der Waals surface area contributed by atoms with Crippen LogP contribution >= 0.6 is 11.6 Å². The molecule has 3 rings (SSSR count).